The Balaban J connectivity index is 2.01. The first kappa shape index (κ1) is 12.2. The summed E-state index contributed by atoms with van der Waals surface area (Å²) in [5, 5.41) is 9.73. The van der Waals surface area contributed by atoms with E-state index < -0.39 is 6.03 Å². The molecule has 3 rings (SSSR count). The smallest absolute Gasteiger partial charge is 0.341 e. The zero-order chi connectivity index (χ0) is 13.2. The van der Waals surface area contributed by atoms with Crippen molar-refractivity contribution in [3.63, 3.8) is 0 Å². The van der Waals surface area contributed by atoms with Crippen molar-refractivity contribution < 1.29 is 4.79 Å². The molecule has 0 spiro atoms. The lowest BCUT2D eigenvalue weighted by molar-refractivity contribution is 0.248. The molecule has 5 nitrogen and oxygen atoms in total. The summed E-state index contributed by atoms with van der Waals surface area (Å²) in [7, 11) is 0. The number of rotatable bonds is 2. The number of amides is 1. The van der Waals surface area contributed by atoms with E-state index in [0.29, 0.717) is 0 Å². The van der Waals surface area contributed by atoms with E-state index in [0.717, 1.165) is 49.3 Å². The lowest BCUT2D eigenvalue weighted by atomic mass is 10.1. The summed E-state index contributed by atoms with van der Waals surface area (Å²) in [5.74, 6) is 0.788. The van der Waals surface area contributed by atoms with Crippen LogP contribution in [-0.2, 0) is 12.8 Å². The molecule has 1 aliphatic rings. The van der Waals surface area contributed by atoms with Crippen molar-refractivity contribution in [2.24, 2.45) is 5.73 Å². The molecule has 0 atom stereocenters. The molecule has 0 aromatic carbocycles. The molecule has 19 heavy (non-hydrogen) atoms. The number of fused-ring (bicyclic) bond motifs is 1. The zero-order valence-electron chi connectivity index (χ0n) is 10.6. The summed E-state index contributed by atoms with van der Waals surface area (Å²) in [6, 6.07) is 3.59. The maximum absolute atomic E-state index is 11.5. The van der Waals surface area contributed by atoms with E-state index in [9.17, 15) is 4.79 Å². The minimum atomic E-state index is -0.525. The molecule has 3 N–H and O–H groups in total. The summed E-state index contributed by atoms with van der Waals surface area (Å²) in [6.45, 7) is 0.865. The van der Waals surface area contributed by atoms with Gasteiger partial charge in [0.2, 0.25) is 0 Å². The molecular formula is C13H16N4OS. The van der Waals surface area contributed by atoms with Crippen molar-refractivity contribution in [1.82, 2.24) is 9.78 Å². The van der Waals surface area contributed by atoms with Crippen LogP contribution in [0.1, 0.15) is 29.0 Å². The number of anilines is 1. The van der Waals surface area contributed by atoms with Gasteiger partial charge in [0.25, 0.3) is 0 Å². The molecular weight excluding hydrogens is 260 g/mol. The molecule has 0 bridgehead atoms. The predicted octanol–water partition coefficient (Wildman–Crippen LogP) is 2.21. The Hall–Kier alpha value is -1.82. The van der Waals surface area contributed by atoms with Crippen molar-refractivity contribution in [3.8, 4) is 0 Å². The van der Waals surface area contributed by atoms with Gasteiger partial charge in [-0.25, -0.2) is 4.79 Å². The van der Waals surface area contributed by atoms with Crippen LogP contribution in [0.2, 0.25) is 0 Å². The van der Waals surface area contributed by atoms with Gasteiger partial charge in [0.15, 0.2) is 0 Å². The fourth-order valence-corrected chi connectivity index (χ4v) is 3.16. The molecule has 6 heteroatoms. The van der Waals surface area contributed by atoms with Gasteiger partial charge in [-0.15, -0.1) is 11.3 Å². The van der Waals surface area contributed by atoms with Crippen molar-refractivity contribution in [2.45, 2.75) is 25.7 Å². The van der Waals surface area contributed by atoms with Crippen LogP contribution in [0.4, 0.5) is 10.6 Å². The van der Waals surface area contributed by atoms with Gasteiger partial charge in [-0.2, -0.15) is 9.78 Å². The van der Waals surface area contributed by atoms with Crippen LogP contribution in [0.25, 0.3) is 0 Å². The van der Waals surface area contributed by atoms with Gasteiger partial charge in [0, 0.05) is 23.4 Å². The molecule has 0 unspecified atom stereocenters. The van der Waals surface area contributed by atoms with Gasteiger partial charge in [-0.05, 0) is 30.7 Å². The highest BCUT2D eigenvalue weighted by Gasteiger charge is 2.22. The standard InChI is InChI=1S/C13H16N4OS/c14-13(18)17-12-10(5-1-2-6-15-12)11(16-17)8-9-4-3-7-19-9/h3-4,7,15H,1-2,5-6,8H2,(H2,14,18). The SMILES string of the molecule is NC(=O)n1nc(Cc2cccs2)c2c1NCCCC2. The van der Waals surface area contributed by atoms with Gasteiger partial charge < -0.3 is 11.1 Å². The molecule has 2 aromatic heterocycles. The maximum atomic E-state index is 11.5. The van der Waals surface area contributed by atoms with Crippen LogP contribution in [-0.4, -0.2) is 22.4 Å². The van der Waals surface area contributed by atoms with Gasteiger partial charge in [-0.3, -0.25) is 0 Å². The van der Waals surface area contributed by atoms with E-state index in [-0.39, 0.29) is 0 Å². The van der Waals surface area contributed by atoms with Crippen LogP contribution in [0, 0.1) is 0 Å². The van der Waals surface area contributed by atoms with E-state index in [1.807, 2.05) is 6.07 Å². The summed E-state index contributed by atoms with van der Waals surface area (Å²) in [5.41, 5.74) is 7.51. The van der Waals surface area contributed by atoms with Gasteiger partial charge >= 0.3 is 6.03 Å². The van der Waals surface area contributed by atoms with Crippen molar-refractivity contribution >= 4 is 23.2 Å². The summed E-state index contributed by atoms with van der Waals surface area (Å²) in [6.07, 6.45) is 3.94. The fourth-order valence-electron chi connectivity index (χ4n) is 2.45. The summed E-state index contributed by atoms with van der Waals surface area (Å²) < 4.78 is 1.31. The number of nitrogens with two attached hydrogens (primary N) is 1. The molecule has 0 fully saturated rings. The van der Waals surface area contributed by atoms with E-state index in [4.69, 9.17) is 5.73 Å². The largest absolute Gasteiger partial charge is 0.370 e. The van der Waals surface area contributed by atoms with Gasteiger partial charge in [0.1, 0.15) is 5.82 Å². The van der Waals surface area contributed by atoms with E-state index in [1.165, 1.54) is 9.56 Å². The number of nitrogens with zero attached hydrogens (tertiary/aromatic N) is 2. The highest BCUT2D eigenvalue weighted by molar-refractivity contribution is 7.09. The monoisotopic (exact) mass is 276 g/mol. The second-order valence-electron chi connectivity index (χ2n) is 4.66. The number of aromatic nitrogens is 2. The van der Waals surface area contributed by atoms with E-state index >= 15 is 0 Å². The first-order chi connectivity index (χ1) is 9.25. The topological polar surface area (TPSA) is 72.9 Å². The van der Waals surface area contributed by atoms with Crippen molar-refractivity contribution in [2.75, 3.05) is 11.9 Å². The number of primary amides is 1. The van der Waals surface area contributed by atoms with Gasteiger partial charge in [-0.1, -0.05) is 6.07 Å². The molecule has 0 saturated heterocycles. The molecule has 100 valence electrons. The Bertz CT molecular complexity index is 588. The first-order valence-corrected chi connectivity index (χ1v) is 7.30. The minimum Gasteiger partial charge on any atom is -0.370 e. The van der Waals surface area contributed by atoms with Crippen LogP contribution in [0.5, 0.6) is 0 Å². The third-order valence-electron chi connectivity index (χ3n) is 3.34. The zero-order valence-corrected chi connectivity index (χ0v) is 11.4. The lowest BCUT2D eigenvalue weighted by Gasteiger charge is -2.04. The Morgan fingerprint density at radius 2 is 2.42 bits per heavy atom. The number of hydrogen-bond donors (Lipinski definition) is 2. The Labute approximate surface area is 115 Å². The van der Waals surface area contributed by atoms with E-state index in [1.54, 1.807) is 11.3 Å². The third-order valence-corrected chi connectivity index (χ3v) is 4.22. The molecule has 0 saturated carbocycles. The Morgan fingerprint density at radius 3 is 3.16 bits per heavy atom. The second kappa shape index (κ2) is 5.05. The number of carbonyl (C=O) groups excluding carboxylic acids is 1. The minimum absolute atomic E-state index is 0.525. The number of hydrogen-bond acceptors (Lipinski definition) is 4. The summed E-state index contributed by atoms with van der Waals surface area (Å²) >= 11 is 1.71. The van der Waals surface area contributed by atoms with Gasteiger partial charge in [0.05, 0.1) is 5.69 Å². The van der Waals surface area contributed by atoms with Crippen LogP contribution in [0.15, 0.2) is 17.5 Å². The fraction of sp³-hybridized carbons (Fsp3) is 0.385. The van der Waals surface area contributed by atoms with Crippen molar-refractivity contribution in [3.05, 3.63) is 33.6 Å². The van der Waals surface area contributed by atoms with Crippen molar-refractivity contribution in [1.29, 1.82) is 0 Å². The van der Waals surface area contributed by atoms with Crippen LogP contribution >= 0.6 is 11.3 Å². The summed E-state index contributed by atoms with van der Waals surface area (Å²) in [4.78, 5) is 12.7. The molecule has 2 aromatic rings. The molecule has 0 aliphatic carbocycles. The predicted molar refractivity (Wildman–Crippen MR) is 75.8 cm³/mol. The Morgan fingerprint density at radius 1 is 1.53 bits per heavy atom. The maximum Gasteiger partial charge on any atom is 0.341 e. The molecule has 3 heterocycles. The molecule has 0 radical (unpaired) electrons. The first-order valence-electron chi connectivity index (χ1n) is 6.42. The van der Waals surface area contributed by atoms with Crippen LogP contribution in [0.3, 0.4) is 0 Å². The highest BCUT2D eigenvalue weighted by Crippen LogP contribution is 2.27. The second-order valence-corrected chi connectivity index (χ2v) is 5.70. The molecule has 1 amide bonds. The van der Waals surface area contributed by atoms with E-state index in [2.05, 4.69) is 21.9 Å². The number of nitrogens with one attached hydrogen (secondary N) is 1. The average molecular weight is 276 g/mol. The Kier molecular flexibility index (Phi) is 3.25. The van der Waals surface area contributed by atoms with Crippen LogP contribution < -0.4 is 11.1 Å². The molecule has 1 aliphatic heterocycles. The lowest BCUT2D eigenvalue weighted by Crippen LogP contribution is -2.23. The average Bonchev–Trinajstić information content (AvgIpc) is 2.93. The highest BCUT2D eigenvalue weighted by atomic mass is 32.1. The number of thiophene rings is 1. The quantitative estimate of drug-likeness (QED) is 0.883. The number of carbonyl (C=O) groups is 1. The normalized spacial score (nSPS) is 14.5. The third kappa shape index (κ3) is 2.35.